The standard InChI is InChI=1S/C15H16N4O4S/c1-22-11-4-3-10(6-12(11)23-2)19-7-9(5-13(19)20)14(21)17-15-18-16-8-24-15/h3-4,6,8-9H,5,7H2,1-2H3,(H,17,18,21)/t9-/m1/s1. The summed E-state index contributed by atoms with van der Waals surface area (Å²) in [7, 11) is 3.08. The fourth-order valence-corrected chi connectivity index (χ4v) is 3.01. The Morgan fingerprint density at radius 3 is 2.79 bits per heavy atom. The molecule has 1 fully saturated rings. The molecule has 2 aromatic rings. The van der Waals surface area contributed by atoms with Crippen LogP contribution in [-0.2, 0) is 9.59 Å². The van der Waals surface area contributed by atoms with Crippen LogP contribution >= 0.6 is 11.3 Å². The number of nitrogens with one attached hydrogen (secondary N) is 1. The van der Waals surface area contributed by atoms with Crippen molar-refractivity contribution in [2.24, 2.45) is 5.92 Å². The highest BCUT2D eigenvalue weighted by atomic mass is 32.1. The van der Waals surface area contributed by atoms with Crippen LogP contribution in [0.1, 0.15) is 6.42 Å². The number of nitrogens with zero attached hydrogens (tertiary/aromatic N) is 3. The quantitative estimate of drug-likeness (QED) is 0.881. The van der Waals surface area contributed by atoms with Crippen molar-refractivity contribution < 1.29 is 19.1 Å². The number of rotatable bonds is 5. The third-order valence-electron chi connectivity index (χ3n) is 3.76. The van der Waals surface area contributed by atoms with Gasteiger partial charge in [-0.1, -0.05) is 11.3 Å². The Hall–Kier alpha value is -2.68. The zero-order valence-electron chi connectivity index (χ0n) is 13.2. The Labute approximate surface area is 142 Å². The van der Waals surface area contributed by atoms with Crippen molar-refractivity contribution in [1.29, 1.82) is 0 Å². The van der Waals surface area contributed by atoms with E-state index in [9.17, 15) is 9.59 Å². The lowest BCUT2D eigenvalue weighted by Crippen LogP contribution is -2.28. The largest absolute Gasteiger partial charge is 0.493 e. The van der Waals surface area contributed by atoms with Gasteiger partial charge in [-0.2, -0.15) is 0 Å². The molecule has 1 aromatic carbocycles. The molecule has 8 nitrogen and oxygen atoms in total. The van der Waals surface area contributed by atoms with E-state index < -0.39 is 5.92 Å². The zero-order chi connectivity index (χ0) is 17.1. The number of aromatic nitrogens is 2. The lowest BCUT2D eigenvalue weighted by molar-refractivity contribution is -0.122. The number of carbonyl (C=O) groups excluding carboxylic acids is 2. The van der Waals surface area contributed by atoms with Crippen molar-refractivity contribution in [1.82, 2.24) is 10.2 Å². The van der Waals surface area contributed by atoms with Crippen LogP contribution in [-0.4, -0.2) is 42.8 Å². The van der Waals surface area contributed by atoms with Crippen LogP contribution in [0.15, 0.2) is 23.7 Å². The molecule has 126 valence electrons. The SMILES string of the molecule is COc1ccc(N2C[C@H](C(=O)Nc3nncs3)CC2=O)cc1OC. The molecule has 1 aromatic heterocycles. The van der Waals surface area contributed by atoms with Gasteiger partial charge >= 0.3 is 0 Å². The summed E-state index contributed by atoms with van der Waals surface area (Å²) >= 11 is 1.23. The van der Waals surface area contributed by atoms with Gasteiger partial charge in [0, 0.05) is 24.7 Å². The number of carbonyl (C=O) groups is 2. The van der Waals surface area contributed by atoms with E-state index >= 15 is 0 Å². The second-order valence-electron chi connectivity index (χ2n) is 5.18. The van der Waals surface area contributed by atoms with Crippen LogP contribution in [0.3, 0.4) is 0 Å². The molecular formula is C15H16N4O4S. The summed E-state index contributed by atoms with van der Waals surface area (Å²) in [4.78, 5) is 26.1. The van der Waals surface area contributed by atoms with Gasteiger partial charge in [0.1, 0.15) is 5.51 Å². The average molecular weight is 348 g/mol. The Kier molecular flexibility index (Phi) is 4.61. The molecule has 0 spiro atoms. The predicted octanol–water partition coefficient (Wildman–Crippen LogP) is 1.55. The maximum absolute atomic E-state index is 12.3. The highest BCUT2D eigenvalue weighted by molar-refractivity contribution is 7.13. The minimum absolute atomic E-state index is 0.111. The summed E-state index contributed by atoms with van der Waals surface area (Å²) in [6, 6.07) is 5.22. The third kappa shape index (κ3) is 3.16. The molecule has 1 atom stereocenters. The van der Waals surface area contributed by atoms with Crippen LogP contribution in [0.4, 0.5) is 10.8 Å². The Bertz CT molecular complexity index is 750. The normalized spacial score (nSPS) is 17.0. The highest BCUT2D eigenvalue weighted by Gasteiger charge is 2.35. The zero-order valence-corrected chi connectivity index (χ0v) is 14.0. The summed E-state index contributed by atoms with van der Waals surface area (Å²) in [5.41, 5.74) is 2.20. The van der Waals surface area contributed by atoms with Crippen LogP contribution in [0.25, 0.3) is 0 Å². The van der Waals surface area contributed by atoms with E-state index in [-0.39, 0.29) is 18.2 Å². The number of hydrogen-bond acceptors (Lipinski definition) is 7. The molecule has 0 saturated carbocycles. The molecule has 0 aliphatic carbocycles. The van der Waals surface area contributed by atoms with E-state index in [4.69, 9.17) is 9.47 Å². The molecule has 1 N–H and O–H groups in total. The van der Waals surface area contributed by atoms with E-state index in [1.165, 1.54) is 24.0 Å². The summed E-state index contributed by atoms with van der Waals surface area (Å²) in [6.07, 6.45) is 0.152. The van der Waals surface area contributed by atoms with E-state index in [0.29, 0.717) is 28.9 Å². The van der Waals surface area contributed by atoms with Gasteiger partial charge < -0.3 is 19.7 Å². The maximum atomic E-state index is 12.3. The van der Waals surface area contributed by atoms with Crippen molar-refractivity contribution >= 4 is 34.0 Å². The van der Waals surface area contributed by atoms with E-state index in [0.717, 1.165) is 0 Å². The number of amides is 2. The number of ether oxygens (including phenoxy) is 2. The molecular weight excluding hydrogens is 332 g/mol. The number of benzene rings is 1. The lowest BCUT2D eigenvalue weighted by Gasteiger charge is -2.18. The summed E-state index contributed by atoms with van der Waals surface area (Å²) in [5.74, 6) is 0.334. The highest BCUT2D eigenvalue weighted by Crippen LogP contribution is 2.34. The molecule has 1 aliphatic heterocycles. The molecule has 9 heteroatoms. The molecule has 1 saturated heterocycles. The van der Waals surface area contributed by atoms with Crippen LogP contribution in [0.5, 0.6) is 11.5 Å². The Morgan fingerprint density at radius 2 is 2.12 bits per heavy atom. The number of methoxy groups -OCH3 is 2. The van der Waals surface area contributed by atoms with Gasteiger partial charge in [0.15, 0.2) is 11.5 Å². The summed E-state index contributed by atoms with van der Waals surface area (Å²) in [6.45, 7) is 0.305. The molecule has 0 radical (unpaired) electrons. The van der Waals surface area contributed by atoms with Gasteiger partial charge in [-0.05, 0) is 12.1 Å². The monoisotopic (exact) mass is 348 g/mol. The minimum atomic E-state index is -0.436. The first-order valence-corrected chi connectivity index (χ1v) is 8.09. The number of hydrogen-bond donors (Lipinski definition) is 1. The molecule has 3 rings (SSSR count). The first-order valence-electron chi connectivity index (χ1n) is 7.21. The van der Waals surface area contributed by atoms with Gasteiger partial charge in [0.25, 0.3) is 0 Å². The predicted molar refractivity (Wildman–Crippen MR) is 88.5 cm³/mol. The lowest BCUT2D eigenvalue weighted by atomic mass is 10.1. The van der Waals surface area contributed by atoms with Gasteiger partial charge in [-0.25, -0.2) is 0 Å². The Morgan fingerprint density at radius 1 is 1.33 bits per heavy atom. The van der Waals surface area contributed by atoms with Crippen LogP contribution < -0.4 is 19.7 Å². The molecule has 2 amide bonds. The van der Waals surface area contributed by atoms with Crippen molar-refractivity contribution in [2.45, 2.75) is 6.42 Å². The molecule has 24 heavy (non-hydrogen) atoms. The van der Waals surface area contributed by atoms with Crippen LogP contribution in [0, 0.1) is 5.92 Å². The molecule has 2 heterocycles. The van der Waals surface area contributed by atoms with Crippen molar-refractivity contribution in [3.8, 4) is 11.5 Å². The first-order chi connectivity index (χ1) is 11.6. The maximum Gasteiger partial charge on any atom is 0.231 e. The average Bonchev–Trinajstić information content (AvgIpc) is 3.23. The molecule has 0 bridgehead atoms. The Balaban J connectivity index is 1.74. The second kappa shape index (κ2) is 6.83. The topological polar surface area (TPSA) is 93.6 Å². The minimum Gasteiger partial charge on any atom is -0.493 e. The third-order valence-corrected chi connectivity index (χ3v) is 4.37. The molecule has 0 unspecified atom stereocenters. The van der Waals surface area contributed by atoms with Crippen molar-refractivity contribution in [3.63, 3.8) is 0 Å². The smallest absolute Gasteiger partial charge is 0.231 e. The molecule has 1 aliphatic rings. The van der Waals surface area contributed by atoms with Gasteiger partial charge in [-0.15, -0.1) is 10.2 Å². The van der Waals surface area contributed by atoms with Gasteiger partial charge in [-0.3, -0.25) is 9.59 Å². The van der Waals surface area contributed by atoms with Gasteiger partial charge in [0.05, 0.1) is 20.1 Å². The summed E-state index contributed by atoms with van der Waals surface area (Å²) < 4.78 is 10.5. The fourth-order valence-electron chi connectivity index (χ4n) is 2.56. The van der Waals surface area contributed by atoms with Crippen molar-refractivity contribution in [3.05, 3.63) is 23.7 Å². The second-order valence-corrected chi connectivity index (χ2v) is 6.01. The number of anilines is 2. The van der Waals surface area contributed by atoms with E-state index in [1.54, 1.807) is 30.2 Å². The van der Waals surface area contributed by atoms with Crippen LogP contribution in [0.2, 0.25) is 0 Å². The first kappa shape index (κ1) is 16.2. The fraction of sp³-hybridized carbons (Fsp3) is 0.333. The van der Waals surface area contributed by atoms with Crippen molar-refractivity contribution in [2.75, 3.05) is 31.0 Å². The van der Waals surface area contributed by atoms with Gasteiger partial charge in [0.2, 0.25) is 16.9 Å². The van der Waals surface area contributed by atoms with E-state index in [1.807, 2.05) is 0 Å². The summed E-state index contributed by atoms with van der Waals surface area (Å²) in [5, 5.41) is 10.5. The van der Waals surface area contributed by atoms with E-state index in [2.05, 4.69) is 15.5 Å².